The molecule has 0 heterocycles. The minimum atomic E-state index is -5.50. The molecule has 18 heteroatoms. The van der Waals surface area contributed by atoms with E-state index in [2.05, 4.69) is 0 Å². The van der Waals surface area contributed by atoms with Crippen LogP contribution in [0, 0.1) is 58.2 Å². The van der Waals surface area contributed by atoms with E-state index in [0.717, 1.165) is 0 Å². The molecule has 0 radical (unpaired) electrons. The van der Waals surface area contributed by atoms with Crippen LogP contribution < -0.4 is 9.44 Å². The van der Waals surface area contributed by atoms with Gasteiger partial charge in [0.2, 0.25) is 31.7 Å². The van der Waals surface area contributed by atoms with Crippen molar-refractivity contribution in [2.75, 3.05) is 13.1 Å². The molecule has 2 aromatic carbocycles. The van der Waals surface area contributed by atoms with Gasteiger partial charge in [-0.2, -0.15) is 0 Å². The Hall–Kier alpha value is -2.44. The Morgan fingerprint density at radius 2 is 0.594 bits per heavy atom. The Morgan fingerprint density at radius 3 is 0.812 bits per heavy atom. The summed E-state index contributed by atoms with van der Waals surface area (Å²) in [5, 5.41) is 0. The highest BCUT2D eigenvalue weighted by Crippen LogP contribution is 2.27. The number of hydrogen-bond donors (Lipinski definition) is 2. The number of nitrogens with one attached hydrogen (secondary N) is 2. The zero-order valence-corrected chi connectivity index (χ0v) is 16.3. The van der Waals surface area contributed by atoms with E-state index < -0.39 is 101 Å². The molecule has 0 aliphatic carbocycles. The summed E-state index contributed by atoms with van der Waals surface area (Å²) < 4.78 is 183. The Kier molecular flexibility index (Phi) is 7.13. The summed E-state index contributed by atoms with van der Waals surface area (Å²) in [4.78, 5) is -4.62. The fourth-order valence-electron chi connectivity index (χ4n) is 2.16. The van der Waals surface area contributed by atoms with Gasteiger partial charge >= 0.3 is 0 Å². The maximum absolute atomic E-state index is 13.6. The Labute approximate surface area is 171 Å². The first-order valence-corrected chi connectivity index (χ1v) is 10.5. The summed E-state index contributed by atoms with van der Waals surface area (Å²) in [7, 11) is -11.0. The molecular formula is C14H6F10N2O4S2. The molecule has 2 N–H and O–H groups in total. The number of halogens is 10. The molecule has 0 atom stereocenters. The van der Waals surface area contributed by atoms with Gasteiger partial charge in [-0.3, -0.25) is 0 Å². The highest BCUT2D eigenvalue weighted by atomic mass is 32.2. The maximum atomic E-state index is 13.6. The van der Waals surface area contributed by atoms with Crippen LogP contribution in [0.5, 0.6) is 0 Å². The summed E-state index contributed by atoms with van der Waals surface area (Å²) in [5.74, 6) is -26.7. The second-order valence-corrected chi connectivity index (χ2v) is 9.00. The second kappa shape index (κ2) is 8.83. The summed E-state index contributed by atoms with van der Waals surface area (Å²) in [6.45, 7) is -2.45. The molecule has 0 aliphatic heterocycles. The maximum Gasteiger partial charge on any atom is 0.246 e. The molecule has 2 rings (SSSR count). The van der Waals surface area contributed by atoms with E-state index in [1.54, 1.807) is 0 Å². The average molecular weight is 520 g/mol. The van der Waals surface area contributed by atoms with E-state index in [9.17, 15) is 60.7 Å². The number of rotatable bonds is 7. The van der Waals surface area contributed by atoms with Gasteiger partial charge in [-0.05, 0) is 0 Å². The normalized spacial score (nSPS) is 12.4. The monoisotopic (exact) mass is 520 g/mol. The molecule has 0 aromatic heterocycles. The van der Waals surface area contributed by atoms with Crippen molar-refractivity contribution in [3.8, 4) is 0 Å². The van der Waals surface area contributed by atoms with Crippen LogP contribution in [-0.2, 0) is 20.0 Å². The predicted octanol–water partition coefficient (Wildman–Crippen LogP) is 2.33. The van der Waals surface area contributed by atoms with Gasteiger partial charge in [0, 0.05) is 13.1 Å². The first-order valence-electron chi connectivity index (χ1n) is 7.58. The summed E-state index contributed by atoms with van der Waals surface area (Å²) in [5.41, 5.74) is 0. The van der Waals surface area contributed by atoms with Gasteiger partial charge in [0.05, 0.1) is 0 Å². The molecule has 0 fully saturated rings. The van der Waals surface area contributed by atoms with Crippen LogP contribution in [0.1, 0.15) is 0 Å². The molecule has 0 saturated carbocycles. The molecule has 32 heavy (non-hydrogen) atoms. The largest absolute Gasteiger partial charge is 0.246 e. The van der Waals surface area contributed by atoms with Crippen molar-refractivity contribution >= 4 is 20.0 Å². The number of sulfonamides is 2. The van der Waals surface area contributed by atoms with Gasteiger partial charge in [-0.1, -0.05) is 0 Å². The van der Waals surface area contributed by atoms with Crippen LogP contribution >= 0.6 is 0 Å². The van der Waals surface area contributed by atoms with Crippen LogP contribution in [-0.4, -0.2) is 29.9 Å². The molecule has 6 nitrogen and oxygen atoms in total. The third-order valence-electron chi connectivity index (χ3n) is 3.59. The van der Waals surface area contributed by atoms with Crippen molar-refractivity contribution < 1.29 is 60.7 Å². The molecule has 0 spiro atoms. The van der Waals surface area contributed by atoms with Crippen LogP contribution in [0.3, 0.4) is 0 Å². The number of hydrogen-bond acceptors (Lipinski definition) is 4. The smallest absolute Gasteiger partial charge is 0.210 e. The van der Waals surface area contributed by atoms with E-state index >= 15 is 0 Å². The quantitative estimate of drug-likeness (QED) is 0.254. The Balaban J connectivity index is 2.25. The first-order chi connectivity index (χ1) is 14.6. The lowest BCUT2D eigenvalue weighted by Crippen LogP contribution is -2.36. The lowest BCUT2D eigenvalue weighted by atomic mass is 10.3. The van der Waals surface area contributed by atoms with Crippen molar-refractivity contribution in [2.24, 2.45) is 0 Å². The van der Waals surface area contributed by atoms with Crippen LogP contribution in [0.2, 0.25) is 0 Å². The zero-order valence-electron chi connectivity index (χ0n) is 14.6. The Bertz CT molecular complexity index is 1160. The molecule has 0 saturated heterocycles. The lowest BCUT2D eigenvalue weighted by Gasteiger charge is -2.12. The highest BCUT2D eigenvalue weighted by molar-refractivity contribution is 7.90. The van der Waals surface area contributed by atoms with Gasteiger partial charge in [-0.25, -0.2) is 70.2 Å². The van der Waals surface area contributed by atoms with Gasteiger partial charge in [0.1, 0.15) is 0 Å². The van der Waals surface area contributed by atoms with E-state index in [1.165, 1.54) is 9.44 Å². The minimum absolute atomic E-state index is 1.23. The number of benzene rings is 2. The molecule has 0 bridgehead atoms. The van der Waals surface area contributed by atoms with Crippen molar-refractivity contribution in [3.63, 3.8) is 0 Å². The van der Waals surface area contributed by atoms with Gasteiger partial charge in [-0.15, -0.1) is 0 Å². The van der Waals surface area contributed by atoms with Crippen molar-refractivity contribution in [1.29, 1.82) is 0 Å². The Morgan fingerprint density at radius 1 is 0.406 bits per heavy atom. The van der Waals surface area contributed by atoms with E-state index in [1.807, 2.05) is 0 Å². The summed E-state index contributed by atoms with van der Waals surface area (Å²) in [6, 6.07) is 0. The highest BCUT2D eigenvalue weighted by Gasteiger charge is 2.35. The van der Waals surface area contributed by atoms with Crippen molar-refractivity contribution in [2.45, 2.75) is 9.79 Å². The fourth-order valence-corrected chi connectivity index (χ4v) is 4.49. The van der Waals surface area contributed by atoms with Crippen molar-refractivity contribution in [3.05, 3.63) is 58.2 Å². The summed E-state index contributed by atoms with van der Waals surface area (Å²) in [6.07, 6.45) is 0. The molecule has 0 unspecified atom stereocenters. The van der Waals surface area contributed by atoms with Crippen molar-refractivity contribution in [1.82, 2.24) is 9.44 Å². The van der Waals surface area contributed by atoms with Crippen LogP contribution in [0.25, 0.3) is 0 Å². The lowest BCUT2D eigenvalue weighted by molar-refractivity contribution is 0.356. The first kappa shape index (κ1) is 25.8. The zero-order chi connectivity index (χ0) is 24.8. The SMILES string of the molecule is O=S(=O)(NCCNS(=O)(=O)c1c(F)c(F)c(F)c(F)c1F)c1c(F)c(F)c(F)c(F)c1F. The van der Waals surface area contributed by atoms with E-state index in [-0.39, 0.29) is 0 Å². The fraction of sp³-hybridized carbons (Fsp3) is 0.143. The van der Waals surface area contributed by atoms with Gasteiger partial charge in [0.15, 0.2) is 56.3 Å². The molecule has 2 aromatic rings. The standard InChI is InChI=1S/C14H6F10N2O4S2/c15-3-5(17)9(21)13(10(22)6(3)18)31(27,28)25-1-2-26-32(29,30)14-11(23)7(19)4(16)8(20)12(14)24/h25-26H,1-2H2. The van der Waals surface area contributed by atoms with Crippen LogP contribution in [0.4, 0.5) is 43.9 Å². The predicted molar refractivity (Wildman–Crippen MR) is 82.8 cm³/mol. The van der Waals surface area contributed by atoms with Gasteiger partial charge in [0.25, 0.3) is 0 Å². The van der Waals surface area contributed by atoms with E-state index in [4.69, 9.17) is 0 Å². The van der Waals surface area contributed by atoms with E-state index in [0.29, 0.717) is 0 Å². The topological polar surface area (TPSA) is 92.3 Å². The average Bonchev–Trinajstić information content (AvgIpc) is 2.71. The van der Waals surface area contributed by atoms with Crippen LogP contribution in [0.15, 0.2) is 9.79 Å². The third-order valence-corrected chi connectivity index (χ3v) is 6.55. The third kappa shape index (κ3) is 4.39. The molecule has 0 amide bonds. The van der Waals surface area contributed by atoms with Gasteiger partial charge < -0.3 is 0 Å². The molecule has 178 valence electrons. The second-order valence-electron chi connectivity index (χ2n) is 5.59. The minimum Gasteiger partial charge on any atom is -0.210 e. The summed E-state index contributed by atoms with van der Waals surface area (Å²) >= 11 is 0. The molecular weight excluding hydrogens is 514 g/mol. The molecule has 0 aliphatic rings.